The van der Waals surface area contributed by atoms with Crippen LogP contribution in [0.1, 0.15) is 38.4 Å². The Balaban J connectivity index is 1.98. The van der Waals surface area contributed by atoms with E-state index in [-0.39, 0.29) is 11.5 Å². The lowest BCUT2D eigenvalue weighted by Crippen LogP contribution is -2.53. The molecule has 7 heteroatoms. The van der Waals surface area contributed by atoms with E-state index in [4.69, 9.17) is 4.98 Å². The van der Waals surface area contributed by atoms with Crippen LogP contribution in [0.25, 0.3) is 0 Å². The van der Waals surface area contributed by atoms with E-state index in [0.717, 1.165) is 30.3 Å². The first-order chi connectivity index (χ1) is 9.57. The average Bonchev–Trinajstić information content (AvgIpc) is 2.75. The van der Waals surface area contributed by atoms with Gasteiger partial charge >= 0.3 is 0 Å². The summed E-state index contributed by atoms with van der Waals surface area (Å²) < 4.78 is 24.9. The highest BCUT2D eigenvalue weighted by Crippen LogP contribution is 2.25. The second-order valence-electron chi connectivity index (χ2n) is 6.83. The number of rotatable bonds is 3. The van der Waals surface area contributed by atoms with Crippen LogP contribution in [0.4, 0.5) is 0 Å². The topological polar surface area (TPSA) is 53.5 Å². The summed E-state index contributed by atoms with van der Waals surface area (Å²) in [6, 6.07) is 0.0239. The average molecular weight is 332 g/mol. The van der Waals surface area contributed by atoms with E-state index < -0.39 is 10.0 Å². The highest BCUT2D eigenvalue weighted by molar-refractivity contribution is 7.88. The van der Waals surface area contributed by atoms with Crippen molar-refractivity contribution in [3.05, 3.63) is 16.1 Å². The Morgan fingerprint density at radius 1 is 1.38 bits per heavy atom. The quantitative estimate of drug-likeness (QED) is 0.849. The minimum atomic E-state index is -3.09. The van der Waals surface area contributed by atoms with Crippen LogP contribution >= 0.6 is 11.3 Å². The molecule has 0 spiro atoms. The molecule has 0 N–H and O–H groups in total. The molecule has 0 aromatic carbocycles. The number of sulfonamides is 1. The minimum absolute atomic E-state index is 0.0239. The van der Waals surface area contributed by atoms with Crippen LogP contribution in [-0.4, -0.2) is 54.5 Å². The van der Waals surface area contributed by atoms with E-state index in [2.05, 4.69) is 31.1 Å². The van der Waals surface area contributed by atoms with Crippen LogP contribution in [0.2, 0.25) is 0 Å². The maximum atomic E-state index is 11.7. The Morgan fingerprint density at radius 2 is 2.05 bits per heavy atom. The van der Waals surface area contributed by atoms with Crippen molar-refractivity contribution in [2.45, 2.75) is 45.7 Å². The van der Waals surface area contributed by atoms with Crippen molar-refractivity contribution in [3.63, 3.8) is 0 Å². The van der Waals surface area contributed by atoms with Crippen molar-refractivity contribution in [2.75, 3.05) is 25.9 Å². The maximum Gasteiger partial charge on any atom is 0.211 e. The molecule has 1 aliphatic rings. The molecule has 1 atom stereocenters. The van der Waals surface area contributed by atoms with Gasteiger partial charge in [-0.25, -0.2) is 13.4 Å². The highest BCUT2D eigenvalue weighted by Gasteiger charge is 2.30. The summed E-state index contributed by atoms with van der Waals surface area (Å²) in [6.07, 6.45) is 1.29. The zero-order chi connectivity index (χ0) is 15.8. The van der Waals surface area contributed by atoms with Gasteiger partial charge in [0.2, 0.25) is 10.0 Å². The third kappa shape index (κ3) is 4.25. The molecule has 1 aromatic heterocycles. The number of nitrogens with zero attached hydrogens (tertiary/aromatic N) is 3. The summed E-state index contributed by atoms with van der Waals surface area (Å²) in [6.45, 7) is 11.4. The van der Waals surface area contributed by atoms with Crippen molar-refractivity contribution in [2.24, 2.45) is 0 Å². The van der Waals surface area contributed by atoms with Crippen molar-refractivity contribution >= 4 is 21.4 Å². The first kappa shape index (κ1) is 16.9. The number of piperazine rings is 1. The van der Waals surface area contributed by atoms with Gasteiger partial charge in [0.05, 0.1) is 18.5 Å². The lowest BCUT2D eigenvalue weighted by Gasteiger charge is -2.37. The molecule has 0 amide bonds. The molecule has 2 heterocycles. The molecule has 1 aliphatic heterocycles. The fourth-order valence-electron chi connectivity index (χ4n) is 2.57. The molecule has 0 unspecified atom stereocenters. The predicted molar refractivity (Wildman–Crippen MR) is 87.1 cm³/mol. The second kappa shape index (κ2) is 5.95. The van der Waals surface area contributed by atoms with Crippen molar-refractivity contribution in [3.8, 4) is 0 Å². The second-order valence-corrected chi connectivity index (χ2v) is 9.71. The number of hydrogen-bond acceptors (Lipinski definition) is 5. The van der Waals surface area contributed by atoms with Gasteiger partial charge in [-0.05, 0) is 6.92 Å². The predicted octanol–water partition coefficient (Wildman–Crippen LogP) is 1.91. The summed E-state index contributed by atoms with van der Waals surface area (Å²) in [7, 11) is -3.09. The van der Waals surface area contributed by atoms with E-state index in [1.165, 1.54) is 6.26 Å². The zero-order valence-corrected chi connectivity index (χ0v) is 15.1. The van der Waals surface area contributed by atoms with Crippen molar-refractivity contribution in [1.82, 2.24) is 14.2 Å². The van der Waals surface area contributed by atoms with Crippen molar-refractivity contribution in [1.29, 1.82) is 0 Å². The summed E-state index contributed by atoms with van der Waals surface area (Å²) in [4.78, 5) is 7.00. The molecule has 1 aromatic rings. The monoisotopic (exact) mass is 331 g/mol. The molecular weight excluding hydrogens is 306 g/mol. The van der Waals surface area contributed by atoms with Crippen LogP contribution in [0.15, 0.2) is 5.38 Å². The summed E-state index contributed by atoms with van der Waals surface area (Å²) >= 11 is 1.69. The van der Waals surface area contributed by atoms with Crippen LogP contribution in [0.3, 0.4) is 0 Å². The van der Waals surface area contributed by atoms with Gasteiger partial charge in [0.25, 0.3) is 0 Å². The smallest absolute Gasteiger partial charge is 0.211 e. The van der Waals surface area contributed by atoms with E-state index in [1.807, 2.05) is 6.92 Å². The fraction of sp³-hybridized carbons (Fsp3) is 0.786. The summed E-state index contributed by atoms with van der Waals surface area (Å²) in [5.41, 5.74) is 1.21. The fourth-order valence-corrected chi connectivity index (χ4v) is 4.77. The molecule has 0 saturated carbocycles. The number of thiazole rings is 1. The van der Waals surface area contributed by atoms with Crippen LogP contribution in [0.5, 0.6) is 0 Å². The van der Waals surface area contributed by atoms with Gasteiger partial charge in [-0.1, -0.05) is 20.8 Å². The molecule has 1 saturated heterocycles. The van der Waals surface area contributed by atoms with Gasteiger partial charge in [0.1, 0.15) is 5.01 Å². The Hall–Kier alpha value is -0.500. The van der Waals surface area contributed by atoms with Gasteiger partial charge in [-0.2, -0.15) is 4.31 Å². The van der Waals surface area contributed by atoms with Gasteiger partial charge in [0, 0.05) is 36.5 Å². The molecule has 0 bridgehead atoms. The molecule has 2 rings (SSSR count). The summed E-state index contributed by atoms with van der Waals surface area (Å²) in [5, 5.41) is 3.24. The first-order valence-electron chi connectivity index (χ1n) is 7.21. The number of hydrogen-bond donors (Lipinski definition) is 0. The van der Waals surface area contributed by atoms with Crippen LogP contribution in [-0.2, 0) is 22.0 Å². The number of aromatic nitrogens is 1. The molecule has 1 fully saturated rings. The Labute approximate surface area is 132 Å². The molecule has 5 nitrogen and oxygen atoms in total. The SMILES string of the molecule is C[C@H]1CN(Cc2nc(C(C)(C)C)cs2)CCN1S(C)(=O)=O. The van der Waals surface area contributed by atoms with E-state index in [1.54, 1.807) is 15.6 Å². The molecule has 0 radical (unpaired) electrons. The first-order valence-corrected chi connectivity index (χ1v) is 9.94. The van der Waals surface area contributed by atoms with Crippen LogP contribution < -0.4 is 0 Å². The minimum Gasteiger partial charge on any atom is -0.294 e. The lowest BCUT2D eigenvalue weighted by molar-refractivity contribution is 0.138. The molecule has 120 valence electrons. The van der Waals surface area contributed by atoms with Gasteiger partial charge in [-0.15, -0.1) is 11.3 Å². The summed E-state index contributed by atoms with van der Waals surface area (Å²) in [5.74, 6) is 0. The van der Waals surface area contributed by atoms with Gasteiger partial charge in [-0.3, -0.25) is 4.90 Å². The zero-order valence-electron chi connectivity index (χ0n) is 13.5. The molecular formula is C14H25N3O2S2. The standard InChI is InChI=1S/C14H25N3O2S2/c1-11-8-16(6-7-17(11)21(5,18)19)9-13-15-12(10-20-13)14(2,3)4/h10-11H,6-9H2,1-5H3/t11-/m0/s1. The van der Waals surface area contributed by atoms with E-state index in [0.29, 0.717) is 6.54 Å². The Kier molecular flexibility index (Phi) is 4.78. The maximum absolute atomic E-state index is 11.7. The van der Waals surface area contributed by atoms with Gasteiger partial charge in [0.15, 0.2) is 0 Å². The third-order valence-electron chi connectivity index (χ3n) is 3.76. The molecule has 21 heavy (non-hydrogen) atoms. The highest BCUT2D eigenvalue weighted by atomic mass is 32.2. The lowest BCUT2D eigenvalue weighted by atomic mass is 9.93. The molecule has 0 aliphatic carbocycles. The van der Waals surface area contributed by atoms with Crippen molar-refractivity contribution < 1.29 is 8.42 Å². The third-order valence-corrected chi connectivity index (χ3v) is 5.98. The van der Waals surface area contributed by atoms with E-state index >= 15 is 0 Å². The normalized spacial score (nSPS) is 22.6. The Morgan fingerprint density at radius 3 is 2.52 bits per heavy atom. The van der Waals surface area contributed by atoms with Crippen LogP contribution in [0, 0.1) is 0 Å². The largest absolute Gasteiger partial charge is 0.294 e. The van der Waals surface area contributed by atoms with Gasteiger partial charge < -0.3 is 0 Å². The Bertz CT molecular complexity index is 590. The van der Waals surface area contributed by atoms with E-state index in [9.17, 15) is 8.42 Å².